The van der Waals surface area contributed by atoms with Crippen LogP contribution in [0.3, 0.4) is 0 Å². The zero-order chi connectivity index (χ0) is 13.8. The molecule has 1 aromatic carbocycles. The van der Waals surface area contributed by atoms with Gasteiger partial charge in [0.25, 0.3) is 0 Å². The molecular formula is C12H13N3O4. The number of ether oxygens (including phenoxy) is 1. The quantitative estimate of drug-likeness (QED) is 0.426. The lowest BCUT2D eigenvalue weighted by Crippen LogP contribution is -2.40. The van der Waals surface area contributed by atoms with E-state index in [1.807, 2.05) is 0 Å². The summed E-state index contributed by atoms with van der Waals surface area (Å²) in [4.78, 5) is 23.9. The van der Waals surface area contributed by atoms with Crippen LogP contribution in [-0.2, 0) is 19.7 Å². The van der Waals surface area contributed by atoms with Crippen LogP contribution in [0.15, 0.2) is 12.1 Å². The third-order valence-electron chi connectivity index (χ3n) is 3.58. The molecule has 100 valence electrons. The van der Waals surface area contributed by atoms with Gasteiger partial charge in [-0.1, -0.05) is 0 Å². The largest absolute Gasteiger partial charge is 0.468 e. The maximum Gasteiger partial charge on any atom is 0.325 e. The molecule has 2 heterocycles. The monoisotopic (exact) mass is 263 g/mol. The highest BCUT2D eigenvalue weighted by molar-refractivity contribution is 6.19. The SMILES string of the molecule is COC(=O)C1(C)C(=O)Nc2cc3c(cc21)NC(O)N3. The Hall–Kier alpha value is -2.28. The normalized spacial score (nSPS) is 26.9. The Labute approximate surface area is 108 Å². The number of rotatable bonds is 1. The lowest BCUT2D eigenvalue weighted by Gasteiger charge is -2.19. The van der Waals surface area contributed by atoms with Gasteiger partial charge in [0, 0.05) is 11.3 Å². The number of hydrogen-bond acceptors (Lipinski definition) is 6. The summed E-state index contributed by atoms with van der Waals surface area (Å²) < 4.78 is 4.72. The topological polar surface area (TPSA) is 99.7 Å². The standard InChI is InChI=1S/C12H13N3O4/c1-12(10(17)19-2)5-3-7-8(15-11(18)14-7)4-6(5)13-9(12)16/h3-4,11,14-15,18H,1-2H3,(H,13,16). The number of aliphatic hydroxyl groups excluding tert-OH is 1. The zero-order valence-corrected chi connectivity index (χ0v) is 10.4. The van der Waals surface area contributed by atoms with Gasteiger partial charge in [0.05, 0.1) is 18.5 Å². The molecule has 7 nitrogen and oxygen atoms in total. The molecule has 0 fully saturated rings. The first-order chi connectivity index (χ1) is 8.96. The van der Waals surface area contributed by atoms with Crippen LogP contribution in [0.5, 0.6) is 0 Å². The highest BCUT2D eigenvalue weighted by Crippen LogP contribution is 2.44. The molecule has 0 aromatic heterocycles. The number of aliphatic hydroxyl groups is 1. The van der Waals surface area contributed by atoms with Crippen molar-refractivity contribution < 1.29 is 19.4 Å². The average molecular weight is 263 g/mol. The number of esters is 1. The van der Waals surface area contributed by atoms with Gasteiger partial charge >= 0.3 is 5.97 Å². The van der Waals surface area contributed by atoms with Crippen molar-refractivity contribution in [2.75, 3.05) is 23.1 Å². The molecule has 0 bridgehead atoms. The highest BCUT2D eigenvalue weighted by atomic mass is 16.5. The van der Waals surface area contributed by atoms with Gasteiger partial charge < -0.3 is 25.8 Å². The smallest absolute Gasteiger partial charge is 0.325 e. The number of amides is 1. The number of methoxy groups -OCH3 is 1. The molecule has 0 aliphatic carbocycles. The fourth-order valence-electron chi connectivity index (χ4n) is 2.46. The molecule has 3 rings (SSSR count). The van der Waals surface area contributed by atoms with E-state index in [1.54, 1.807) is 12.1 Å². The van der Waals surface area contributed by atoms with E-state index in [9.17, 15) is 14.7 Å². The number of benzene rings is 1. The van der Waals surface area contributed by atoms with Crippen LogP contribution in [0.25, 0.3) is 0 Å². The van der Waals surface area contributed by atoms with E-state index in [0.717, 1.165) is 0 Å². The van der Waals surface area contributed by atoms with Crippen LogP contribution < -0.4 is 16.0 Å². The number of carbonyl (C=O) groups excluding carboxylic acids is 2. The Bertz CT molecular complexity index is 601. The van der Waals surface area contributed by atoms with Gasteiger partial charge in [0.15, 0.2) is 5.41 Å². The first kappa shape index (κ1) is 11.8. The van der Waals surface area contributed by atoms with Crippen LogP contribution >= 0.6 is 0 Å². The van der Waals surface area contributed by atoms with Crippen molar-refractivity contribution >= 4 is 28.9 Å². The molecule has 1 aromatic rings. The summed E-state index contributed by atoms with van der Waals surface area (Å²) in [6.07, 6.45) is -0.877. The highest BCUT2D eigenvalue weighted by Gasteiger charge is 2.50. The number of nitrogens with one attached hydrogen (secondary N) is 3. The Morgan fingerprint density at radius 2 is 1.95 bits per heavy atom. The Kier molecular flexibility index (Phi) is 2.24. The molecule has 0 spiro atoms. The molecule has 2 unspecified atom stereocenters. The molecule has 4 N–H and O–H groups in total. The third-order valence-corrected chi connectivity index (χ3v) is 3.58. The van der Waals surface area contributed by atoms with Crippen molar-refractivity contribution in [2.45, 2.75) is 18.7 Å². The van der Waals surface area contributed by atoms with Gasteiger partial charge in [-0.05, 0) is 19.1 Å². The van der Waals surface area contributed by atoms with Crippen LogP contribution in [0, 0.1) is 0 Å². The molecule has 0 saturated heterocycles. The van der Waals surface area contributed by atoms with Gasteiger partial charge in [-0.2, -0.15) is 0 Å². The van der Waals surface area contributed by atoms with Crippen LogP contribution in [0.2, 0.25) is 0 Å². The van der Waals surface area contributed by atoms with Crippen molar-refractivity contribution in [2.24, 2.45) is 0 Å². The lowest BCUT2D eigenvalue weighted by atomic mass is 9.83. The molecular weight excluding hydrogens is 250 g/mol. The first-order valence-corrected chi connectivity index (χ1v) is 5.76. The summed E-state index contributed by atoms with van der Waals surface area (Å²) in [6, 6.07) is 3.35. The summed E-state index contributed by atoms with van der Waals surface area (Å²) >= 11 is 0. The van der Waals surface area contributed by atoms with E-state index in [2.05, 4.69) is 16.0 Å². The average Bonchev–Trinajstić information content (AvgIpc) is 2.85. The Morgan fingerprint density at radius 3 is 2.58 bits per heavy atom. The number of anilines is 3. The van der Waals surface area contributed by atoms with Crippen LogP contribution in [-0.4, -0.2) is 30.4 Å². The van der Waals surface area contributed by atoms with Crippen molar-refractivity contribution in [3.05, 3.63) is 17.7 Å². The minimum Gasteiger partial charge on any atom is -0.468 e. The molecule has 2 aliphatic rings. The molecule has 0 radical (unpaired) electrons. The van der Waals surface area contributed by atoms with Crippen molar-refractivity contribution in [3.63, 3.8) is 0 Å². The van der Waals surface area contributed by atoms with E-state index >= 15 is 0 Å². The third kappa shape index (κ3) is 1.42. The van der Waals surface area contributed by atoms with E-state index in [-0.39, 0.29) is 0 Å². The minimum atomic E-state index is -1.37. The molecule has 2 aliphatic heterocycles. The number of carbonyl (C=O) groups is 2. The molecule has 1 amide bonds. The summed E-state index contributed by atoms with van der Waals surface area (Å²) in [5.41, 5.74) is 1.01. The minimum absolute atomic E-state index is 0.418. The predicted molar refractivity (Wildman–Crippen MR) is 67.7 cm³/mol. The zero-order valence-electron chi connectivity index (χ0n) is 10.4. The van der Waals surface area contributed by atoms with Gasteiger partial charge in [-0.25, -0.2) is 0 Å². The summed E-state index contributed by atoms with van der Waals surface area (Å²) in [6.45, 7) is 1.52. The predicted octanol–water partition coefficient (Wildman–Crippen LogP) is 0.183. The van der Waals surface area contributed by atoms with Gasteiger partial charge in [-0.15, -0.1) is 0 Å². The Balaban J connectivity index is 2.15. The second-order valence-corrected chi connectivity index (χ2v) is 4.71. The second kappa shape index (κ2) is 3.61. The van der Waals surface area contributed by atoms with Crippen molar-refractivity contribution in [1.82, 2.24) is 0 Å². The summed E-state index contributed by atoms with van der Waals surface area (Å²) in [7, 11) is 1.25. The fraction of sp³-hybridized carbons (Fsp3) is 0.333. The Morgan fingerprint density at radius 1 is 1.32 bits per heavy atom. The lowest BCUT2D eigenvalue weighted by molar-refractivity contribution is -0.150. The van der Waals surface area contributed by atoms with Gasteiger partial charge in [0.2, 0.25) is 12.3 Å². The number of hydrogen-bond donors (Lipinski definition) is 4. The second-order valence-electron chi connectivity index (χ2n) is 4.71. The van der Waals surface area contributed by atoms with Gasteiger partial charge in [0.1, 0.15) is 0 Å². The van der Waals surface area contributed by atoms with E-state index in [4.69, 9.17) is 4.74 Å². The van der Waals surface area contributed by atoms with E-state index in [0.29, 0.717) is 22.6 Å². The van der Waals surface area contributed by atoms with Crippen molar-refractivity contribution in [1.29, 1.82) is 0 Å². The maximum atomic E-state index is 12.0. The van der Waals surface area contributed by atoms with Gasteiger partial charge in [-0.3, -0.25) is 9.59 Å². The molecule has 19 heavy (non-hydrogen) atoms. The molecule has 2 atom stereocenters. The van der Waals surface area contributed by atoms with E-state index in [1.165, 1.54) is 14.0 Å². The van der Waals surface area contributed by atoms with E-state index < -0.39 is 23.6 Å². The fourth-order valence-corrected chi connectivity index (χ4v) is 2.46. The maximum absolute atomic E-state index is 12.0. The number of fused-ring (bicyclic) bond motifs is 2. The van der Waals surface area contributed by atoms with Crippen molar-refractivity contribution in [3.8, 4) is 0 Å². The first-order valence-electron chi connectivity index (χ1n) is 5.76. The molecule has 7 heteroatoms. The van der Waals surface area contributed by atoms with Crippen LogP contribution in [0.4, 0.5) is 17.1 Å². The summed E-state index contributed by atoms with van der Waals surface area (Å²) in [5, 5.41) is 17.7. The summed E-state index contributed by atoms with van der Waals surface area (Å²) in [5.74, 6) is -1.03. The molecule has 0 saturated carbocycles. The van der Waals surface area contributed by atoms with Crippen LogP contribution in [0.1, 0.15) is 12.5 Å².